The lowest BCUT2D eigenvalue weighted by atomic mass is 9.86. The van der Waals surface area contributed by atoms with E-state index in [1.807, 2.05) is 38.2 Å². The largest absolute Gasteiger partial charge is 0.493 e. The summed E-state index contributed by atoms with van der Waals surface area (Å²) in [5.74, 6) is 3.95. The van der Waals surface area contributed by atoms with Gasteiger partial charge in [0.2, 0.25) is 0 Å². The zero-order valence-corrected chi connectivity index (χ0v) is 33.5. The predicted octanol–water partition coefficient (Wildman–Crippen LogP) is 8.05. The number of aromatic nitrogens is 2. The second-order valence-electron chi connectivity index (χ2n) is 13.0. The van der Waals surface area contributed by atoms with Crippen molar-refractivity contribution in [1.29, 1.82) is 10.5 Å². The molecule has 2 saturated heterocycles. The van der Waals surface area contributed by atoms with Crippen molar-refractivity contribution in [2.75, 3.05) is 73.1 Å². The third-order valence-corrected chi connectivity index (χ3v) is 10.1. The lowest BCUT2D eigenvalue weighted by molar-refractivity contribution is 0.0491. The minimum Gasteiger partial charge on any atom is -0.493 e. The van der Waals surface area contributed by atoms with Crippen LogP contribution < -0.4 is 29.2 Å². The predicted molar refractivity (Wildman–Crippen MR) is 214 cm³/mol. The number of piperidine rings is 2. The summed E-state index contributed by atoms with van der Waals surface area (Å²) in [4.78, 5) is 11.1. The highest BCUT2D eigenvalue weighted by molar-refractivity contribution is 6.35. The number of nitrogens with zero attached hydrogens (tertiary/aromatic N) is 5. The Bertz CT molecular complexity index is 1840. The molecule has 2 aromatic heterocycles. The van der Waals surface area contributed by atoms with Gasteiger partial charge in [0.1, 0.15) is 0 Å². The molecule has 1 N–H and O–H groups in total. The van der Waals surface area contributed by atoms with Gasteiger partial charge in [0.15, 0.2) is 36.6 Å². The zero-order chi connectivity index (χ0) is 38.2. The van der Waals surface area contributed by atoms with Crippen molar-refractivity contribution in [3.63, 3.8) is 0 Å². The van der Waals surface area contributed by atoms with Crippen molar-refractivity contribution in [3.8, 4) is 35.1 Å². The molecular weight excluding hydrogens is 731 g/mol. The highest BCUT2D eigenvalue weighted by Gasteiger charge is 2.25. The molecule has 2 aliphatic heterocycles. The number of fused-ring (bicyclic) bond motifs is 2. The van der Waals surface area contributed by atoms with Crippen LogP contribution in [0.1, 0.15) is 39.5 Å². The Balaban J connectivity index is 0.000000240. The van der Waals surface area contributed by atoms with Crippen LogP contribution in [-0.4, -0.2) is 78.2 Å². The Morgan fingerprint density at radius 3 is 1.72 bits per heavy atom. The maximum atomic E-state index is 9.15. The van der Waals surface area contributed by atoms with Gasteiger partial charge in [0.25, 0.3) is 0 Å². The van der Waals surface area contributed by atoms with Crippen LogP contribution in [0.5, 0.6) is 23.0 Å². The molecule has 0 spiro atoms. The molecule has 0 bridgehead atoms. The number of halogens is 2. The lowest BCUT2D eigenvalue weighted by Crippen LogP contribution is -2.35. The molecular formula is C40H52Cl2N6O6. The van der Waals surface area contributed by atoms with E-state index in [0.717, 1.165) is 66.5 Å². The van der Waals surface area contributed by atoms with Crippen molar-refractivity contribution in [2.45, 2.75) is 39.5 Å². The summed E-state index contributed by atoms with van der Waals surface area (Å²) in [6, 6.07) is 15.9. The van der Waals surface area contributed by atoms with Gasteiger partial charge in [-0.15, -0.1) is 12.4 Å². The highest BCUT2D eigenvalue weighted by Crippen LogP contribution is 2.38. The molecule has 14 heteroatoms. The first-order valence-electron chi connectivity index (χ1n) is 17.9. The van der Waals surface area contributed by atoms with Crippen LogP contribution in [0.15, 0.2) is 48.8 Å². The normalized spacial score (nSPS) is 15.5. The van der Waals surface area contributed by atoms with Gasteiger partial charge in [0, 0.05) is 80.1 Å². The van der Waals surface area contributed by atoms with Gasteiger partial charge in [-0.2, -0.15) is 10.5 Å². The van der Waals surface area contributed by atoms with Gasteiger partial charge >= 0.3 is 0 Å². The van der Waals surface area contributed by atoms with Crippen molar-refractivity contribution >= 4 is 51.5 Å². The molecule has 0 aliphatic carbocycles. The number of benzene rings is 2. The number of nitriles is 2. The fraction of sp³-hybridized carbons (Fsp3) is 0.500. The number of methoxy groups -OCH3 is 4. The summed E-state index contributed by atoms with van der Waals surface area (Å²) < 4.78 is 31.6. The highest BCUT2D eigenvalue weighted by atomic mass is 35.5. The van der Waals surface area contributed by atoms with Gasteiger partial charge in [0.05, 0.1) is 42.4 Å². The molecule has 6 rings (SSSR count). The van der Waals surface area contributed by atoms with Gasteiger partial charge in [-0.05, 0) is 88.7 Å². The minimum absolute atomic E-state index is 0. The van der Waals surface area contributed by atoms with Crippen LogP contribution in [-0.2, 0) is 9.47 Å². The second kappa shape index (κ2) is 22.8. The summed E-state index contributed by atoms with van der Waals surface area (Å²) >= 11 is 6.09. The van der Waals surface area contributed by atoms with Crippen molar-refractivity contribution < 1.29 is 28.4 Å². The number of anilines is 1. The number of ether oxygens (including phenoxy) is 6. The van der Waals surface area contributed by atoms with Crippen LogP contribution in [0.25, 0.3) is 21.8 Å². The van der Waals surface area contributed by atoms with Crippen molar-refractivity contribution in [2.24, 2.45) is 23.7 Å². The number of pyridine rings is 2. The Labute approximate surface area is 330 Å². The number of rotatable bonds is 11. The molecule has 4 heterocycles. The topological polar surface area (TPSA) is 144 Å². The van der Waals surface area contributed by atoms with Gasteiger partial charge in [-0.3, -0.25) is 9.97 Å². The molecule has 0 amide bonds. The standard InChI is InChI=1S/C20H25N3O3.C12H12ClNO3.C8H14N2.ClH/c1-14(12-21)15-5-8-23(9-6-15)18-4-7-22-17-11-19(25-3)20(10-16(17)18)26-13-24-2;1-15-7-17-12-5-8-9(13)3-4-14-10(8)6-11(12)16-2;1-7(6-9)8-2-4-10-5-3-8;/h4,7,10-11,14-15H,5-6,8-9,13H2,1-3H3;3-6H,7H2,1-2H3;7-8,10H,2-5H2,1H3;1H. The monoisotopic (exact) mass is 782 g/mol. The maximum Gasteiger partial charge on any atom is 0.188 e. The van der Waals surface area contributed by atoms with E-state index in [0.29, 0.717) is 39.9 Å². The van der Waals surface area contributed by atoms with Crippen LogP contribution in [0.2, 0.25) is 5.02 Å². The molecule has 0 saturated carbocycles. The van der Waals surface area contributed by atoms with Gasteiger partial charge in [-0.1, -0.05) is 11.6 Å². The molecule has 2 unspecified atom stereocenters. The Kier molecular flexibility index (Phi) is 18.6. The summed E-state index contributed by atoms with van der Waals surface area (Å²) in [5.41, 5.74) is 2.78. The summed E-state index contributed by atoms with van der Waals surface area (Å²) in [6.07, 6.45) is 7.89. The first-order valence-corrected chi connectivity index (χ1v) is 18.2. The number of hydrogen-bond acceptors (Lipinski definition) is 12. The molecule has 54 heavy (non-hydrogen) atoms. The first-order chi connectivity index (χ1) is 25.8. The fourth-order valence-corrected chi connectivity index (χ4v) is 6.73. The third kappa shape index (κ3) is 11.8. The molecule has 2 fully saturated rings. The molecule has 292 valence electrons. The Morgan fingerprint density at radius 2 is 1.22 bits per heavy atom. The molecule has 4 aromatic rings. The van der Waals surface area contributed by atoms with E-state index in [1.165, 1.54) is 12.8 Å². The third-order valence-electron chi connectivity index (χ3n) is 9.73. The Hall–Kier alpha value is -4.30. The second-order valence-corrected chi connectivity index (χ2v) is 13.4. The molecule has 2 atom stereocenters. The summed E-state index contributed by atoms with van der Waals surface area (Å²) in [7, 11) is 6.34. The van der Waals surface area contributed by atoms with Crippen LogP contribution in [0.4, 0.5) is 5.69 Å². The summed E-state index contributed by atoms with van der Waals surface area (Å²) in [6.45, 7) is 8.43. The van der Waals surface area contributed by atoms with E-state index in [1.54, 1.807) is 52.8 Å². The maximum absolute atomic E-state index is 9.15. The molecule has 12 nitrogen and oxygen atoms in total. The number of hydrogen-bond donors (Lipinski definition) is 1. The van der Waals surface area contributed by atoms with Gasteiger partial charge < -0.3 is 38.6 Å². The van der Waals surface area contributed by atoms with E-state index in [9.17, 15) is 0 Å². The lowest BCUT2D eigenvalue weighted by Gasteiger charge is -2.35. The van der Waals surface area contributed by atoms with E-state index in [4.69, 9.17) is 50.5 Å². The average Bonchev–Trinajstić information content (AvgIpc) is 3.21. The van der Waals surface area contributed by atoms with Crippen molar-refractivity contribution in [3.05, 3.63) is 53.8 Å². The zero-order valence-electron chi connectivity index (χ0n) is 32.0. The van der Waals surface area contributed by atoms with Gasteiger partial charge in [-0.25, -0.2) is 0 Å². The van der Waals surface area contributed by atoms with Crippen LogP contribution in [0, 0.1) is 46.3 Å². The van der Waals surface area contributed by atoms with Crippen LogP contribution in [0.3, 0.4) is 0 Å². The molecule has 0 radical (unpaired) electrons. The molecule has 2 aliphatic rings. The smallest absolute Gasteiger partial charge is 0.188 e. The quantitative estimate of drug-likeness (QED) is 0.147. The fourth-order valence-electron chi connectivity index (χ4n) is 6.52. The van der Waals surface area contributed by atoms with E-state index >= 15 is 0 Å². The summed E-state index contributed by atoms with van der Waals surface area (Å²) in [5, 5.41) is 23.5. The Morgan fingerprint density at radius 1 is 0.741 bits per heavy atom. The van der Waals surface area contributed by atoms with Crippen molar-refractivity contribution in [1.82, 2.24) is 15.3 Å². The van der Waals surface area contributed by atoms with E-state index in [2.05, 4.69) is 32.3 Å². The SMILES string of the molecule is CC(C#N)C1CCNCC1.COCOc1cc2c(Cl)ccnc2cc1OC.COCOc1cc2c(N3CCC(C(C)C#N)CC3)ccnc2cc1OC.Cl. The minimum atomic E-state index is 0. The molecule has 2 aromatic carbocycles. The van der Waals surface area contributed by atoms with E-state index < -0.39 is 0 Å². The first kappa shape index (κ1) is 44.1. The van der Waals surface area contributed by atoms with Crippen LogP contribution >= 0.6 is 24.0 Å². The average molecular weight is 784 g/mol. The number of nitrogens with one attached hydrogen (secondary N) is 1. The van der Waals surface area contributed by atoms with E-state index in [-0.39, 0.29) is 37.8 Å².